The molecule has 0 N–H and O–H groups in total. The van der Waals surface area contributed by atoms with Crippen LogP contribution in [0.15, 0.2) is 63.1 Å². The lowest BCUT2D eigenvalue weighted by Crippen LogP contribution is -2.19. The summed E-state index contributed by atoms with van der Waals surface area (Å²) in [5, 5.41) is 34.2. The van der Waals surface area contributed by atoms with Crippen molar-refractivity contribution < 1.29 is 83.7 Å². The lowest BCUT2D eigenvalue weighted by atomic mass is 10.3. The average molecular weight is 512 g/mol. The molecule has 35 heavy (non-hydrogen) atoms. The van der Waals surface area contributed by atoms with Gasteiger partial charge in [0.2, 0.25) is 0 Å². The standard InChI is InChI=1S/C18H24O17/c1-5-15(6-2)25-17(19)13-21-9-11-23-27-29-31-33-35-34-32-30-28-24-12-10-22-14-18(20)26-16(7-3)8-4/h5-9,11,15-16H,1-4,10,12-14H2/b11-9-. The largest absolute Gasteiger partial charge is 0.486 e. The van der Waals surface area contributed by atoms with Gasteiger partial charge in [-0.15, -0.1) is 0 Å². The molecule has 0 heterocycles. The second-order valence-electron chi connectivity index (χ2n) is 5.02. The zero-order valence-corrected chi connectivity index (χ0v) is 18.2. The molecule has 17 nitrogen and oxygen atoms in total. The van der Waals surface area contributed by atoms with Crippen molar-refractivity contribution in [3.63, 3.8) is 0 Å². The number of rotatable bonds is 25. The third-order valence-corrected chi connectivity index (χ3v) is 2.71. The van der Waals surface area contributed by atoms with Gasteiger partial charge in [0.1, 0.15) is 31.7 Å². The van der Waals surface area contributed by atoms with Crippen LogP contribution in [-0.4, -0.2) is 50.6 Å². The number of carbonyl (C=O) groups excluding carboxylic acids is 2. The van der Waals surface area contributed by atoms with Crippen LogP contribution in [0, 0.1) is 0 Å². The van der Waals surface area contributed by atoms with Crippen LogP contribution in [-0.2, 0) is 83.7 Å². The fraction of sp³-hybridized carbons (Fsp3) is 0.333. The van der Waals surface area contributed by atoms with E-state index in [-0.39, 0.29) is 19.8 Å². The second kappa shape index (κ2) is 23.9. The van der Waals surface area contributed by atoms with E-state index in [0.717, 1.165) is 12.5 Å². The highest BCUT2D eigenvalue weighted by atomic mass is 17.9. The van der Waals surface area contributed by atoms with Gasteiger partial charge in [-0.05, 0) is 44.5 Å². The van der Waals surface area contributed by atoms with Crippen molar-refractivity contribution in [2.24, 2.45) is 0 Å². The molecule has 17 heteroatoms. The Kier molecular flexibility index (Phi) is 21.8. The van der Waals surface area contributed by atoms with Gasteiger partial charge in [0.05, 0.1) is 6.61 Å². The molecule has 0 aromatic heterocycles. The van der Waals surface area contributed by atoms with Crippen molar-refractivity contribution >= 4 is 11.9 Å². The summed E-state index contributed by atoms with van der Waals surface area (Å²) in [5.41, 5.74) is 0. The first-order valence-electron chi connectivity index (χ1n) is 9.09. The minimum Gasteiger partial charge on any atom is -0.486 e. The van der Waals surface area contributed by atoms with Gasteiger partial charge in [-0.25, -0.2) is 14.5 Å². The first-order chi connectivity index (χ1) is 17.1. The molecule has 0 bridgehead atoms. The molecule has 0 rings (SSSR count). The number of hydrogen-bond donors (Lipinski definition) is 0. The first-order valence-corrected chi connectivity index (χ1v) is 9.09. The SMILES string of the molecule is C=CC(C=C)OC(=O)CO/C=C\OOOOOOOOOOOCCOCC(=O)OC(C=C)C=C. The van der Waals surface area contributed by atoms with Crippen molar-refractivity contribution in [1.82, 2.24) is 0 Å². The Bertz CT molecular complexity index is 621. The van der Waals surface area contributed by atoms with E-state index < -0.39 is 30.8 Å². The van der Waals surface area contributed by atoms with Gasteiger partial charge in [0.25, 0.3) is 0 Å². The Morgan fingerprint density at radius 2 is 1.09 bits per heavy atom. The lowest BCUT2D eigenvalue weighted by molar-refractivity contribution is -0.853. The highest BCUT2D eigenvalue weighted by Crippen LogP contribution is 1.97. The number of hydrogen-bond acceptors (Lipinski definition) is 17. The molecule has 198 valence electrons. The predicted octanol–water partition coefficient (Wildman–Crippen LogP) is 1.39. The molecule has 0 amide bonds. The summed E-state index contributed by atoms with van der Waals surface area (Å²) in [6, 6.07) is 0. The number of carbonyl (C=O) groups is 2. The molecule has 0 aromatic carbocycles. The second-order valence-corrected chi connectivity index (χ2v) is 5.02. The molecule has 0 fully saturated rings. The minimum atomic E-state index is -0.677. The highest BCUT2D eigenvalue weighted by molar-refractivity contribution is 5.71. The van der Waals surface area contributed by atoms with Gasteiger partial charge >= 0.3 is 11.9 Å². The molecule has 0 atom stereocenters. The van der Waals surface area contributed by atoms with Crippen LogP contribution in [0.5, 0.6) is 0 Å². The molecule has 0 unspecified atom stereocenters. The van der Waals surface area contributed by atoms with Gasteiger partial charge in [0, 0.05) is 25.2 Å². The lowest BCUT2D eigenvalue weighted by Gasteiger charge is -2.09. The molecule has 0 aromatic rings. The van der Waals surface area contributed by atoms with Crippen molar-refractivity contribution in [1.29, 1.82) is 0 Å². The van der Waals surface area contributed by atoms with E-state index in [9.17, 15) is 9.59 Å². The molecule has 0 saturated heterocycles. The van der Waals surface area contributed by atoms with Crippen LogP contribution in [0.3, 0.4) is 0 Å². The van der Waals surface area contributed by atoms with Crippen molar-refractivity contribution in [3.8, 4) is 0 Å². The fourth-order valence-electron chi connectivity index (χ4n) is 1.35. The number of esters is 2. The molecular weight excluding hydrogens is 488 g/mol. The summed E-state index contributed by atoms with van der Waals surface area (Å²) in [4.78, 5) is 31.3. The van der Waals surface area contributed by atoms with Gasteiger partial charge in [-0.3, -0.25) is 0 Å². The van der Waals surface area contributed by atoms with Crippen LogP contribution in [0.1, 0.15) is 0 Å². The van der Waals surface area contributed by atoms with E-state index >= 15 is 0 Å². The molecule has 0 saturated carbocycles. The Balaban J connectivity index is 3.34. The van der Waals surface area contributed by atoms with Crippen molar-refractivity contribution in [2.75, 3.05) is 26.4 Å². The maximum Gasteiger partial charge on any atom is 0.345 e. The summed E-state index contributed by atoms with van der Waals surface area (Å²) >= 11 is 0. The zero-order valence-electron chi connectivity index (χ0n) is 18.2. The van der Waals surface area contributed by atoms with Crippen molar-refractivity contribution in [3.05, 3.63) is 63.1 Å². The summed E-state index contributed by atoms with van der Waals surface area (Å²) in [5.74, 6) is -1.31. The quantitative estimate of drug-likeness (QED) is 0.0428. The van der Waals surface area contributed by atoms with E-state index in [2.05, 4.69) is 81.4 Å². The van der Waals surface area contributed by atoms with Gasteiger partial charge < -0.3 is 23.8 Å². The summed E-state index contributed by atoms with van der Waals surface area (Å²) in [6.07, 6.45) is 6.04. The average Bonchev–Trinajstić information content (AvgIpc) is 2.87. The van der Waals surface area contributed by atoms with Crippen LogP contribution in [0.4, 0.5) is 0 Å². The third-order valence-electron chi connectivity index (χ3n) is 2.71. The van der Waals surface area contributed by atoms with Gasteiger partial charge in [-0.2, -0.15) is 0 Å². The van der Waals surface area contributed by atoms with Gasteiger partial charge in [-0.1, -0.05) is 26.3 Å². The molecule has 0 radical (unpaired) electrons. The van der Waals surface area contributed by atoms with Crippen LogP contribution >= 0.6 is 0 Å². The first kappa shape index (κ1) is 31.8. The van der Waals surface area contributed by atoms with E-state index in [4.69, 9.17) is 18.9 Å². The fourth-order valence-corrected chi connectivity index (χ4v) is 1.35. The molecule has 0 aliphatic carbocycles. The van der Waals surface area contributed by atoms with Crippen LogP contribution < -0.4 is 0 Å². The maximum atomic E-state index is 11.3. The Labute approximate surface area is 198 Å². The van der Waals surface area contributed by atoms with Crippen LogP contribution in [0.25, 0.3) is 0 Å². The molecule has 0 aliphatic heterocycles. The maximum absolute atomic E-state index is 11.3. The van der Waals surface area contributed by atoms with Crippen molar-refractivity contribution in [2.45, 2.75) is 12.2 Å². The monoisotopic (exact) mass is 512 g/mol. The highest BCUT2D eigenvalue weighted by Gasteiger charge is 2.08. The Morgan fingerprint density at radius 3 is 1.63 bits per heavy atom. The molecule has 0 spiro atoms. The van der Waals surface area contributed by atoms with E-state index in [1.54, 1.807) is 0 Å². The Morgan fingerprint density at radius 1 is 0.600 bits per heavy atom. The van der Waals surface area contributed by atoms with E-state index in [0.29, 0.717) is 0 Å². The topological polar surface area (TPSA) is 173 Å². The normalized spacial score (nSPS) is 10.8. The summed E-state index contributed by atoms with van der Waals surface area (Å²) in [6.45, 7) is 12.8. The Hall–Kier alpha value is -3.20. The summed E-state index contributed by atoms with van der Waals surface area (Å²) < 4.78 is 19.4. The summed E-state index contributed by atoms with van der Waals surface area (Å²) in [7, 11) is 0. The minimum absolute atomic E-state index is 0.0568. The predicted molar refractivity (Wildman–Crippen MR) is 103 cm³/mol. The zero-order chi connectivity index (χ0) is 26.0. The van der Waals surface area contributed by atoms with E-state index in [1.807, 2.05) is 0 Å². The number of ether oxygens (including phenoxy) is 4. The van der Waals surface area contributed by atoms with Gasteiger partial charge in [0.15, 0.2) is 12.9 Å². The molecule has 0 aliphatic rings. The van der Waals surface area contributed by atoms with Crippen LogP contribution in [0.2, 0.25) is 0 Å². The van der Waals surface area contributed by atoms with E-state index in [1.165, 1.54) is 24.3 Å². The smallest absolute Gasteiger partial charge is 0.345 e. The third kappa shape index (κ3) is 21.1. The molecular formula is C18H24O17.